The molecule has 1 aliphatic heterocycles. The van der Waals surface area contributed by atoms with Gasteiger partial charge in [-0.05, 0) is 33.3 Å². The Labute approximate surface area is 127 Å². The molecule has 1 aromatic carbocycles. The average molecular weight is 290 g/mol. The molecule has 0 radical (unpaired) electrons. The molecule has 1 atom stereocenters. The second kappa shape index (κ2) is 6.58. The minimum Gasteiger partial charge on any atom is -0.464 e. The van der Waals surface area contributed by atoms with Crippen LogP contribution in [-0.2, 0) is 15.1 Å². The Balaban J connectivity index is 2.45. The van der Waals surface area contributed by atoms with Gasteiger partial charge in [-0.3, -0.25) is 4.90 Å². The number of hydrogen-bond donors (Lipinski definition) is 1. The van der Waals surface area contributed by atoms with Crippen molar-refractivity contribution in [3.8, 4) is 0 Å². The molecule has 1 N–H and O–H groups in total. The Kier molecular flexibility index (Phi) is 5.01. The highest BCUT2D eigenvalue weighted by atomic mass is 16.5. The van der Waals surface area contributed by atoms with E-state index in [-0.39, 0.29) is 5.97 Å². The number of carbonyl (C=O) groups is 1. The van der Waals surface area contributed by atoms with E-state index in [0.717, 1.165) is 31.7 Å². The van der Waals surface area contributed by atoms with Crippen LogP contribution in [0.2, 0.25) is 0 Å². The maximum Gasteiger partial charge on any atom is 0.330 e. The number of carbonyl (C=O) groups excluding carboxylic acids is 1. The summed E-state index contributed by atoms with van der Waals surface area (Å²) in [6.07, 6.45) is 0. The number of nitrogens with one attached hydrogen (secondary N) is 1. The lowest BCUT2D eigenvalue weighted by molar-refractivity contribution is -0.158. The molecule has 1 heterocycles. The van der Waals surface area contributed by atoms with Crippen LogP contribution in [0.25, 0.3) is 0 Å². The van der Waals surface area contributed by atoms with Crippen LogP contribution in [0.3, 0.4) is 0 Å². The first kappa shape index (κ1) is 16.0. The molecule has 1 aromatic rings. The van der Waals surface area contributed by atoms with Gasteiger partial charge in [0.2, 0.25) is 0 Å². The summed E-state index contributed by atoms with van der Waals surface area (Å²) in [4.78, 5) is 14.9. The molecule has 21 heavy (non-hydrogen) atoms. The molecule has 0 amide bonds. The van der Waals surface area contributed by atoms with E-state index in [1.807, 2.05) is 13.8 Å². The maximum atomic E-state index is 12.7. The van der Waals surface area contributed by atoms with Gasteiger partial charge in [0.15, 0.2) is 0 Å². The third-order valence-corrected chi connectivity index (χ3v) is 4.21. The fraction of sp³-hybridized carbons (Fsp3) is 0.588. The second-order valence-electron chi connectivity index (χ2n) is 5.91. The van der Waals surface area contributed by atoms with Crippen LogP contribution in [0, 0.1) is 13.8 Å². The lowest BCUT2D eigenvalue weighted by Gasteiger charge is -2.42. The topological polar surface area (TPSA) is 41.6 Å². The van der Waals surface area contributed by atoms with E-state index in [1.165, 1.54) is 11.1 Å². The molecule has 1 saturated heterocycles. The van der Waals surface area contributed by atoms with E-state index in [0.29, 0.717) is 6.61 Å². The SMILES string of the molecule is CCOC(=O)C(C)(c1cc(C)cc(C)c1)N1CCNCC1. The lowest BCUT2D eigenvalue weighted by Crippen LogP contribution is -2.57. The molecule has 116 valence electrons. The molecule has 0 spiro atoms. The van der Waals surface area contributed by atoms with Crippen LogP contribution in [0.1, 0.15) is 30.5 Å². The first-order valence-corrected chi connectivity index (χ1v) is 7.70. The van der Waals surface area contributed by atoms with Crippen molar-refractivity contribution in [2.45, 2.75) is 33.2 Å². The van der Waals surface area contributed by atoms with E-state index in [4.69, 9.17) is 4.74 Å². The number of aryl methyl sites for hydroxylation is 2. The minimum atomic E-state index is -0.713. The van der Waals surface area contributed by atoms with Gasteiger partial charge < -0.3 is 10.1 Å². The summed E-state index contributed by atoms with van der Waals surface area (Å²) in [5.74, 6) is -0.156. The summed E-state index contributed by atoms with van der Waals surface area (Å²) in [5, 5.41) is 3.34. The first-order chi connectivity index (χ1) is 9.98. The molecular weight excluding hydrogens is 264 g/mol. The predicted octanol–water partition coefficient (Wildman–Crippen LogP) is 1.99. The van der Waals surface area contributed by atoms with Gasteiger partial charge in [0, 0.05) is 26.2 Å². The monoisotopic (exact) mass is 290 g/mol. The molecule has 0 aliphatic carbocycles. The number of piperazine rings is 1. The molecule has 1 unspecified atom stereocenters. The molecule has 1 fully saturated rings. The van der Waals surface area contributed by atoms with Crippen LogP contribution in [0.4, 0.5) is 0 Å². The fourth-order valence-electron chi connectivity index (χ4n) is 3.07. The summed E-state index contributed by atoms with van der Waals surface area (Å²) >= 11 is 0. The van der Waals surface area contributed by atoms with Crippen molar-refractivity contribution in [3.05, 3.63) is 34.9 Å². The summed E-state index contributed by atoms with van der Waals surface area (Å²) in [7, 11) is 0. The zero-order valence-corrected chi connectivity index (χ0v) is 13.5. The minimum absolute atomic E-state index is 0.156. The molecule has 4 nitrogen and oxygen atoms in total. The second-order valence-corrected chi connectivity index (χ2v) is 5.91. The van der Waals surface area contributed by atoms with Crippen LogP contribution < -0.4 is 5.32 Å². The zero-order chi connectivity index (χ0) is 15.5. The standard InChI is InChI=1S/C17H26N2O2/c1-5-21-16(20)17(4,19-8-6-18-7-9-19)15-11-13(2)10-14(3)12-15/h10-12,18H,5-9H2,1-4H3. The smallest absolute Gasteiger partial charge is 0.330 e. The van der Waals surface area contributed by atoms with Gasteiger partial charge in [0.25, 0.3) is 0 Å². The van der Waals surface area contributed by atoms with Crippen molar-refractivity contribution in [2.75, 3.05) is 32.8 Å². The number of esters is 1. The van der Waals surface area contributed by atoms with Gasteiger partial charge in [0.05, 0.1) is 6.61 Å². The maximum absolute atomic E-state index is 12.7. The highest BCUT2D eigenvalue weighted by Gasteiger charge is 2.43. The van der Waals surface area contributed by atoms with Crippen LogP contribution >= 0.6 is 0 Å². The first-order valence-electron chi connectivity index (χ1n) is 7.70. The van der Waals surface area contributed by atoms with Crippen LogP contribution in [0.15, 0.2) is 18.2 Å². The average Bonchev–Trinajstić information content (AvgIpc) is 2.46. The molecule has 0 bridgehead atoms. The largest absolute Gasteiger partial charge is 0.464 e. The number of nitrogens with zero attached hydrogens (tertiary/aromatic N) is 1. The van der Waals surface area contributed by atoms with Gasteiger partial charge in [-0.2, -0.15) is 0 Å². The van der Waals surface area contributed by atoms with Gasteiger partial charge in [-0.15, -0.1) is 0 Å². The van der Waals surface area contributed by atoms with Crippen molar-refractivity contribution in [1.29, 1.82) is 0 Å². The van der Waals surface area contributed by atoms with E-state index in [9.17, 15) is 4.79 Å². The predicted molar refractivity (Wildman–Crippen MR) is 84.3 cm³/mol. The number of hydrogen-bond acceptors (Lipinski definition) is 4. The van der Waals surface area contributed by atoms with E-state index >= 15 is 0 Å². The van der Waals surface area contributed by atoms with Gasteiger partial charge in [-0.1, -0.05) is 29.3 Å². The summed E-state index contributed by atoms with van der Waals surface area (Å²) in [6, 6.07) is 6.34. The normalized spacial score (nSPS) is 19.0. The van der Waals surface area contributed by atoms with Gasteiger partial charge in [0.1, 0.15) is 5.54 Å². The van der Waals surface area contributed by atoms with Crippen molar-refractivity contribution in [3.63, 3.8) is 0 Å². The lowest BCUT2D eigenvalue weighted by atomic mass is 9.87. The zero-order valence-electron chi connectivity index (χ0n) is 13.5. The van der Waals surface area contributed by atoms with Crippen molar-refractivity contribution >= 4 is 5.97 Å². The Morgan fingerprint density at radius 2 is 1.81 bits per heavy atom. The van der Waals surface area contributed by atoms with Crippen LogP contribution in [-0.4, -0.2) is 43.7 Å². The third kappa shape index (κ3) is 3.27. The van der Waals surface area contributed by atoms with Crippen molar-refractivity contribution < 1.29 is 9.53 Å². The number of rotatable bonds is 4. The van der Waals surface area contributed by atoms with E-state index < -0.39 is 5.54 Å². The van der Waals surface area contributed by atoms with E-state index in [1.54, 1.807) is 0 Å². The molecular formula is C17H26N2O2. The van der Waals surface area contributed by atoms with Crippen LogP contribution in [0.5, 0.6) is 0 Å². The highest BCUT2D eigenvalue weighted by Crippen LogP contribution is 2.31. The summed E-state index contributed by atoms with van der Waals surface area (Å²) < 4.78 is 5.39. The Morgan fingerprint density at radius 3 is 2.33 bits per heavy atom. The molecule has 4 heteroatoms. The summed E-state index contributed by atoms with van der Waals surface area (Å²) in [5.41, 5.74) is 2.67. The Bertz CT molecular complexity index is 489. The number of benzene rings is 1. The van der Waals surface area contributed by atoms with E-state index in [2.05, 4.69) is 42.3 Å². The Morgan fingerprint density at radius 1 is 1.24 bits per heavy atom. The molecule has 0 saturated carbocycles. The molecule has 0 aromatic heterocycles. The molecule has 2 rings (SSSR count). The number of ether oxygens (including phenoxy) is 1. The summed E-state index contributed by atoms with van der Waals surface area (Å²) in [6.45, 7) is 11.9. The Hall–Kier alpha value is -1.39. The van der Waals surface area contributed by atoms with Gasteiger partial charge >= 0.3 is 5.97 Å². The van der Waals surface area contributed by atoms with Gasteiger partial charge in [-0.25, -0.2) is 4.79 Å². The quantitative estimate of drug-likeness (QED) is 0.861. The molecule has 1 aliphatic rings. The third-order valence-electron chi connectivity index (χ3n) is 4.21. The fourth-order valence-corrected chi connectivity index (χ4v) is 3.07. The van der Waals surface area contributed by atoms with Crippen molar-refractivity contribution in [2.24, 2.45) is 0 Å². The van der Waals surface area contributed by atoms with Crippen molar-refractivity contribution in [1.82, 2.24) is 10.2 Å². The highest BCUT2D eigenvalue weighted by molar-refractivity contribution is 5.82.